The Bertz CT molecular complexity index is 78.6. The van der Waals surface area contributed by atoms with E-state index in [0.717, 1.165) is 6.29 Å². The summed E-state index contributed by atoms with van der Waals surface area (Å²) in [6, 6.07) is 0. The van der Waals surface area contributed by atoms with Crippen LogP contribution in [0.5, 0.6) is 0 Å². The van der Waals surface area contributed by atoms with Crippen LogP contribution in [0, 0.1) is 11.8 Å². The molecule has 0 saturated carbocycles. The molecule has 0 N–H and O–H groups in total. The average Bonchev–Trinajstić information content (AvgIpc) is 1.87. The monoisotopic (exact) mass is 128 g/mol. The molecule has 1 heteroatoms. The van der Waals surface area contributed by atoms with Gasteiger partial charge in [0.1, 0.15) is 6.29 Å². The van der Waals surface area contributed by atoms with Crippen molar-refractivity contribution in [2.24, 2.45) is 11.8 Å². The summed E-state index contributed by atoms with van der Waals surface area (Å²) in [7, 11) is 0. The van der Waals surface area contributed by atoms with E-state index in [1.165, 1.54) is 12.8 Å². The Morgan fingerprint density at radius 1 is 1.44 bits per heavy atom. The average molecular weight is 128 g/mol. The second-order valence-corrected chi connectivity index (χ2v) is 2.76. The van der Waals surface area contributed by atoms with Gasteiger partial charge < -0.3 is 4.79 Å². The highest BCUT2D eigenvalue weighted by Crippen LogP contribution is 2.13. The Kier molecular flexibility index (Phi) is 4.37. The lowest BCUT2D eigenvalue weighted by Gasteiger charge is -2.11. The summed E-state index contributed by atoms with van der Waals surface area (Å²) in [5.41, 5.74) is 0. The van der Waals surface area contributed by atoms with E-state index in [2.05, 4.69) is 13.8 Å². The second kappa shape index (κ2) is 4.54. The van der Waals surface area contributed by atoms with Crippen molar-refractivity contribution < 1.29 is 4.79 Å². The Morgan fingerprint density at radius 2 is 2.00 bits per heavy atom. The van der Waals surface area contributed by atoms with E-state index in [0.29, 0.717) is 5.92 Å². The topological polar surface area (TPSA) is 17.1 Å². The van der Waals surface area contributed by atoms with Gasteiger partial charge in [-0.15, -0.1) is 0 Å². The van der Waals surface area contributed by atoms with Gasteiger partial charge in [0.15, 0.2) is 0 Å². The van der Waals surface area contributed by atoms with E-state index in [-0.39, 0.29) is 5.92 Å². The van der Waals surface area contributed by atoms with Gasteiger partial charge in [-0.1, -0.05) is 33.6 Å². The molecule has 0 rings (SSSR count). The molecule has 1 nitrogen and oxygen atoms in total. The minimum absolute atomic E-state index is 0.241. The van der Waals surface area contributed by atoms with E-state index in [9.17, 15) is 4.79 Å². The third-order valence-corrected chi connectivity index (χ3v) is 1.86. The molecule has 0 aliphatic rings. The number of hydrogen-bond acceptors (Lipinski definition) is 1. The summed E-state index contributed by atoms with van der Waals surface area (Å²) >= 11 is 0. The summed E-state index contributed by atoms with van der Waals surface area (Å²) in [6.07, 6.45) is 3.39. The van der Waals surface area contributed by atoms with E-state index in [4.69, 9.17) is 0 Å². The normalized spacial score (nSPS) is 16.8. The van der Waals surface area contributed by atoms with Crippen LogP contribution < -0.4 is 0 Å². The molecular formula is C8H16O. The Morgan fingerprint density at radius 3 is 2.33 bits per heavy atom. The van der Waals surface area contributed by atoms with Gasteiger partial charge in [0.2, 0.25) is 0 Å². The second-order valence-electron chi connectivity index (χ2n) is 2.76. The first-order valence-corrected chi connectivity index (χ1v) is 3.67. The third kappa shape index (κ3) is 3.28. The Labute approximate surface area is 57.5 Å². The zero-order chi connectivity index (χ0) is 7.28. The van der Waals surface area contributed by atoms with Crippen molar-refractivity contribution in [3.63, 3.8) is 0 Å². The van der Waals surface area contributed by atoms with Gasteiger partial charge >= 0.3 is 0 Å². The van der Waals surface area contributed by atoms with Crippen molar-refractivity contribution in [3.05, 3.63) is 0 Å². The first-order valence-electron chi connectivity index (χ1n) is 3.67. The van der Waals surface area contributed by atoms with Crippen LogP contribution in [-0.4, -0.2) is 6.29 Å². The van der Waals surface area contributed by atoms with E-state index in [1.807, 2.05) is 6.92 Å². The molecule has 0 fully saturated rings. The minimum atomic E-state index is 0.241. The number of rotatable bonds is 4. The number of carbonyl (C=O) groups is 1. The molecule has 0 unspecified atom stereocenters. The van der Waals surface area contributed by atoms with Gasteiger partial charge in [-0.2, -0.15) is 0 Å². The van der Waals surface area contributed by atoms with Crippen LogP contribution in [0.4, 0.5) is 0 Å². The van der Waals surface area contributed by atoms with Crippen LogP contribution >= 0.6 is 0 Å². The van der Waals surface area contributed by atoms with Crippen LogP contribution in [0.15, 0.2) is 0 Å². The van der Waals surface area contributed by atoms with E-state index in [1.54, 1.807) is 0 Å². The molecule has 0 bridgehead atoms. The summed E-state index contributed by atoms with van der Waals surface area (Å²) in [5, 5.41) is 0. The smallest absolute Gasteiger partial charge is 0.123 e. The van der Waals surface area contributed by atoms with Crippen molar-refractivity contribution in [3.8, 4) is 0 Å². The number of hydrogen-bond donors (Lipinski definition) is 0. The van der Waals surface area contributed by atoms with Crippen LogP contribution in [0.3, 0.4) is 0 Å². The highest BCUT2D eigenvalue weighted by molar-refractivity contribution is 5.53. The molecule has 0 heterocycles. The molecule has 0 aromatic carbocycles. The molecule has 2 atom stereocenters. The van der Waals surface area contributed by atoms with Crippen LogP contribution in [-0.2, 0) is 4.79 Å². The maximum absolute atomic E-state index is 10.2. The molecule has 0 spiro atoms. The lowest BCUT2D eigenvalue weighted by molar-refractivity contribution is -0.111. The van der Waals surface area contributed by atoms with Gasteiger partial charge in [-0.25, -0.2) is 0 Å². The third-order valence-electron chi connectivity index (χ3n) is 1.86. The molecule has 0 aliphatic heterocycles. The predicted octanol–water partition coefficient (Wildman–Crippen LogP) is 2.26. The zero-order valence-electron chi connectivity index (χ0n) is 6.55. The van der Waals surface area contributed by atoms with Crippen molar-refractivity contribution in [1.82, 2.24) is 0 Å². The maximum atomic E-state index is 10.2. The van der Waals surface area contributed by atoms with Crippen LogP contribution in [0.1, 0.15) is 33.6 Å². The summed E-state index contributed by atoms with van der Waals surface area (Å²) in [5.74, 6) is 0.803. The highest BCUT2D eigenvalue weighted by atomic mass is 16.1. The number of aldehydes is 1. The SMILES string of the molecule is CCC[C@H](C)[C@@H](C)C=O. The van der Waals surface area contributed by atoms with Crippen molar-refractivity contribution in [1.29, 1.82) is 0 Å². The lowest BCUT2D eigenvalue weighted by Crippen LogP contribution is -2.08. The van der Waals surface area contributed by atoms with Gasteiger partial charge in [0.05, 0.1) is 0 Å². The largest absolute Gasteiger partial charge is 0.303 e. The summed E-state index contributed by atoms with van der Waals surface area (Å²) < 4.78 is 0. The van der Waals surface area contributed by atoms with Gasteiger partial charge in [-0.3, -0.25) is 0 Å². The fourth-order valence-corrected chi connectivity index (χ4v) is 0.852. The standard InChI is InChI=1S/C8H16O/c1-4-5-7(2)8(3)6-9/h6-8H,4-5H2,1-3H3/t7-,8-/m0/s1. The fourth-order valence-electron chi connectivity index (χ4n) is 0.852. The Hall–Kier alpha value is -0.330. The van der Waals surface area contributed by atoms with Crippen LogP contribution in [0.25, 0.3) is 0 Å². The zero-order valence-corrected chi connectivity index (χ0v) is 6.55. The molecule has 0 radical (unpaired) electrons. The van der Waals surface area contributed by atoms with Gasteiger partial charge in [-0.05, 0) is 5.92 Å². The van der Waals surface area contributed by atoms with E-state index >= 15 is 0 Å². The molecule has 54 valence electrons. The molecular weight excluding hydrogens is 112 g/mol. The molecule has 9 heavy (non-hydrogen) atoms. The first kappa shape index (κ1) is 8.67. The maximum Gasteiger partial charge on any atom is 0.123 e. The fraction of sp³-hybridized carbons (Fsp3) is 0.875. The minimum Gasteiger partial charge on any atom is -0.303 e. The Balaban J connectivity index is 3.44. The quantitative estimate of drug-likeness (QED) is 0.531. The molecule has 0 amide bonds. The highest BCUT2D eigenvalue weighted by Gasteiger charge is 2.08. The predicted molar refractivity (Wildman–Crippen MR) is 39.3 cm³/mol. The molecule has 0 saturated heterocycles. The van der Waals surface area contributed by atoms with Gasteiger partial charge in [0.25, 0.3) is 0 Å². The van der Waals surface area contributed by atoms with E-state index < -0.39 is 0 Å². The van der Waals surface area contributed by atoms with Crippen molar-refractivity contribution >= 4 is 6.29 Å². The van der Waals surface area contributed by atoms with Crippen molar-refractivity contribution in [2.45, 2.75) is 33.6 Å². The number of carbonyl (C=O) groups excluding carboxylic acids is 1. The molecule has 0 aliphatic carbocycles. The van der Waals surface area contributed by atoms with Crippen LogP contribution in [0.2, 0.25) is 0 Å². The summed E-state index contributed by atoms with van der Waals surface area (Å²) in [4.78, 5) is 10.2. The molecule has 0 aromatic heterocycles. The first-order chi connectivity index (χ1) is 4.22. The summed E-state index contributed by atoms with van der Waals surface area (Å²) in [6.45, 7) is 6.25. The van der Waals surface area contributed by atoms with Gasteiger partial charge in [0, 0.05) is 5.92 Å². The molecule has 0 aromatic rings. The van der Waals surface area contributed by atoms with Crippen molar-refractivity contribution in [2.75, 3.05) is 0 Å². The lowest BCUT2D eigenvalue weighted by atomic mass is 9.93.